The van der Waals surface area contributed by atoms with Gasteiger partial charge in [-0.3, -0.25) is 4.72 Å². The van der Waals surface area contributed by atoms with Crippen LogP contribution in [0.5, 0.6) is 5.75 Å². The Labute approximate surface area is 137 Å². The number of nitrogens with one attached hydrogen (secondary N) is 1. The molecule has 0 saturated carbocycles. The number of benzene rings is 1. The number of ether oxygens (including phenoxy) is 1. The molecule has 1 N–H and O–H groups in total. The topological polar surface area (TPSA) is 55.4 Å². The smallest absolute Gasteiger partial charge is 0.271 e. The molecule has 0 atom stereocenters. The minimum absolute atomic E-state index is 0.0824. The Bertz CT molecular complexity index is 702. The number of sulfonamides is 1. The van der Waals surface area contributed by atoms with Crippen LogP contribution in [-0.4, -0.2) is 14.5 Å². The minimum Gasteiger partial charge on any atom is -0.491 e. The Hall–Kier alpha value is -1.05. The zero-order valence-electron chi connectivity index (χ0n) is 11.9. The van der Waals surface area contributed by atoms with Crippen LogP contribution in [0.25, 0.3) is 0 Å². The third-order valence-electron chi connectivity index (χ3n) is 2.58. The van der Waals surface area contributed by atoms with Gasteiger partial charge in [0.15, 0.2) is 0 Å². The fraction of sp³-hybridized carbons (Fsp3) is 0.286. The van der Waals surface area contributed by atoms with Gasteiger partial charge in [-0.1, -0.05) is 0 Å². The Kier molecular flexibility index (Phi) is 4.95. The van der Waals surface area contributed by atoms with Crippen molar-refractivity contribution in [2.45, 2.75) is 31.1 Å². The highest BCUT2D eigenvalue weighted by Crippen LogP contribution is 2.31. The van der Waals surface area contributed by atoms with Gasteiger partial charge in [0.25, 0.3) is 10.0 Å². The van der Waals surface area contributed by atoms with Gasteiger partial charge >= 0.3 is 0 Å². The standard InChI is InChI=1S/C14H16BrNO3S2/c1-9(2)19-12-6-4-11(5-7-12)16-21(17,18)13-8-10(3)14(15)20-13/h4-9,16H,1-3H3. The van der Waals surface area contributed by atoms with Crippen LogP contribution in [-0.2, 0) is 10.0 Å². The van der Waals surface area contributed by atoms with E-state index in [-0.39, 0.29) is 10.3 Å². The molecule has 1 heterocycles. The monoisotopic (exact) mass is 389 g/mol. The number of halogens is 1. The van der Waals surface area contributed by atoms with E-state index in [4.69, 9.17) is 4.74 Å². The highest BCUT2D eigenvalue weighted by molar-refractivity contribution is 9.11. The summed E-state index contributed by atoms with van der Waals surface area (Å²) in [5.74, 6) is 0.711. The molecule has 0 unspecified atom stereocenters. The fourth-order valence-corrected chi connectivity index (χ4v) is 4.93. The van der Waals surface area contributed by atoms with E-state index < -0.39 is 10.0 Å². The second-order valence-corrected chi connectivity index (χ2v) is 9.10. The molecule has 4 nitrogen and oxygen atoms in total. The molecule has 0 amide bonds. The van der Waals surface area contributed by atoms with Crippen LogP contribution in [0.3, 0.4) is 0 Å². The molecule has 0 saturated heterocycles. The van der Waals surface area contributed by atoms with Gasteiger partial charge < -0.3 is 4.74 Å². The summed E-state index contributed by atoms with van der Waals surface area (Å²) in [4.78, 5) is 0. The predicted octanol–water partition coefficient (Wildman–Crippen LogP) is 4.41. The number of hydrogen-bond donors (Lipinski definition) is 1. The average Bonchev–Trinajstić information content (AvgIpc) is 2.72. The van der Waals surface area contributed by atoms with E-state index in [1.54, 1.807) is 30.3 Å². The van der Waals surface area contributed by atoms with Crippen molar-refractivity contribution < 1.29 is 13.2 Å². The maximum Gasteiger partial charge on any atom is 0.271 e. The maximum atomic E-state index is 12.3. The van der Waals surface area contributed by atoms with Crippen molar-refractivity contribution in [3.05, 3.63) is 39.7 Å². The first-order valence-corrected chi connectivity index (χ1v) is 9.42. The van der Waals surface area contributed by atoms with E-state index in [0.29, 0.717) is 11.4 Å². The largest absolute Gasteiger partial charge is 0.491 e. The summed E-state index contributed by atoms with van der Waals surface area (Å²) < 4.78 is 33.7. The lowest BCUT2D eigenvalue weighted by atomic mass is 10.3. The quantitative estimate of drug-likeness (QED) is 0.823. The first-order chi connectivity index (χ1) is 9.78. The normalized spacial score (nSPS) is 11.7. The Morgan fingerprint density at radius 1 is 1.24 bits per heavy atom. The summed E-state index contributed by atoms with van der Waals surface area (Å²) in [5, 5.41) is 0. The molecule has 0 aliphatic heterocycles. The lowest BCUT2D eigenvalue weighted by Crippen LogP contribution is -2.11. The molecule has 0 radical (unpaired) electrons. The van der Waals surface area contributed by atoms with Gasteiger partial charge in [-0.15, -0.1) is 11.3 Å². The summed E-state index contributed by atoms with van der Waals surface area (Å²) in [6, 6.07) is 8.50. The van der Waals surface area contributed by atoms with Gasteiger partial charge in [-0.2, -0.15) is 0 Å². The summed E-state index contributed by atoms with van der Waals surface area (Å²) >= 11 is 4.53. The summed E-state index contributed by atoms with van der Waals surface area (Å²) in [6.45, 7) is 5.73. The van der Waals surface area contributed by atoms with Crippen molar-refractivity contribution in [3.63, 3.8) is 0 Å². The van der Waals surface area contributed by atoms with E-state index >= 15 is 0 Å². The minimum atomic E-state index is -3.55. The van der Waals surface area contributed by atoms with Crippen molar-refractivity contribution in [1.29, 1.82) is 0 Å². The van der Waals surface area contributed by atoms with Gasteiger partial charge in [-0.25, -0.2) is 8.42 Å². The summed E-state index contributed by atoms with van der Waals surface area (Å²) in [7, 11) is -3.55. The second kappa shape index (κ2) is 6.37. The van der Waals surface area contributed by atoms with Crippen molar-refractivity contribution >= 4 is 43.0 Å². The van der Waals surface area contributed by atoms with E-state index in [0.717, 1.165) is 9.35 Å². The molecule has 2 rings (SSSR count). The SMILES string of the molecule is Cc1cc(S(=O)(=O)Nc2ccc(OC(C)C)cc2)sc1Br. The van der Waals surface area contributed by atoms with Crippen LogP contribution in [0.2, 0.25) is 0 Å². The van der Waals surface area contributed by atoms with Gasteiger partial charge in [0.05, 0.1) is 9.89 Å². The Balaban J connectivity index is 2.17. The molecule has 0 spiro atoms. The van der Waals surface area contributed by atoms with Gasteiger partial charge in [0, 0.05) is 5.69 Å². The molecule has 0 fully saturated rings. The average molecular weight is 390 g/mol. The molecular formula is C14H16BrNO3S2. The molecular weight excluding hydrogens is 374 g/mol. The number of rotatable bonds is 5. The Morgan fingerprint density at radius 3 is 2.33 bits per heavy atom. The lowest BCUT2D eigenvalue weighted by molar-refractivity contribution is 0.242. The van der Waals surface area contributed by atoms with Crippen LogP contribution in [0.4, 0.5) is 5.69 Å². The molecule has 114 valence electrons. The zero-order valence-corrected chi connectivity index (χ0v) is 15.1. The summed E-state index contributed by atoms with van der Waals surface area (Å²) in [5.41, 5.74) is 1.41. The number of hydrogen-bond acceptors (Lipinski definition) is 4. The molecule has 7 heteroatoms. The second-order valence-electron chi connectivity index (χ2n) is 4.82. The van der Waals surface area contributed by atoms with Crippen LogP contribution < -0.4 is 9.46 Å². The lowest BCUT2D eigenvalue weighted by Gasteiger charge is -2.11. The van der Waals surface area contributed by atoms with E-state index in [1.165, 1.54) is 11.3 Å². The van der Waals surface area contributed by atoms with E-state index in [1.807, 2.05) is 20.8 Å². The number of thiophene rings is 1. The predicted molar refractivity (Wildman–Crippen MR) is 89.8 cm³/mol. The van der Waals surface area contributed by atoms with Crippen LogP contribution in [0.1, 0.15) is 19.4 Å². The van der Waals surface area contributed by atoms with Crippen molar-refractivity contribution in [2.24, 2.45) is 0 Å². The molecule has 0 aliphatic carbocycles. The first kappa shape index (κ1) is 16.3. The molecule has 1 aromatic carbocycles. The molecule has 0 aliphatic rings. The molecule has 2 aromatic rings. The fourth-order valence-electron chi connectivity index (χ4n) is 1.64. The highest BCUT2D eigenvalue weighted by atomic mass is 79.9. The van der Waals surface area contributed by atoms with Crippen LogP contribution >= 0.6 is 27.3 Å². The highest BCUT2D eigenvalue weighted by Gasteiger charge is 2.18. The van der Waals surface area contributed by atoms with E-state index in [2.05, 4.69) is 20.7 Å². The Morgan fingerprint density at radius 2 is 1.86 bits per heavy atom. The number of aryl methyl sites for hydroxylation is 1. The third kappa shape index (κ3) is 4.21. The van der Waals surface area contributed by atoms with Crippen LogP contribution in [0, 0.1) is 6.92 Å². The summed E-state index contributed by atoms with van der Waals surface area (Å²) in [6.07, 6.45) is 0.0824. The van der Waals surface area contributed by atoms with Gasteiger partial charge in [0.1, 0.15) is 9.96 Å². The first-order valence-electron chi connectivity index (χ1n) is 6.33. The molecule has 0 bridgehead atoms. The van der Waals surface area contributed by atoms with Crippen molar-refractivity contribution in [3.8, 4) is 5.75 Å². The van der Waals surface area contributed by atoms with Gasteiger partial charge in [-0.05, 0) is 72.6 Å². The van der Waals surface area contributed by atoms with Crippen LogP contribution in [0.15, 0.2) is 38.3 Å². The zero-order chi connectivity index (χ0) is 15.6. The van der Waals surface area contributed by atoms with E-state index in [9.17, 15) is 8.42 Å². The van der Waals surface area contributed by atoms with Crippen molar-refractivity contribution in [2.75, 3.05) is 4.72 Å². The van der Waals surface area contributed by atoms with Gasteiger partial charge in [0.2, 0.25) is 0 Å². The van der Waals surface area contributed by atoms with Crippen molar-refractivity contribution in [1.82, 2.24) is 0 Å². The molecule has 1 aromatic heterocycles. The third-order valence-corrected chi connectivity index (χ3v) is 6.57. The maximum absolute atomic E-state index is 12.3. The number of anilines is 1. The molecule has 21 heavy (non-hydrogen) atoms.